The molecule has 2 N–H and O–H groups in total. The van der Waals surface area contributed by atoms with E-state index in [4.69, 9.17) is 33.3 Å². The topological polar surface area (TPSA) is 42.5 Å². The Kier molecular flexibility index (Phi) is 6.01. The van der Waals surface area contributed by atoms with E-state index in [1.165, 1.54) is 0 Å². The smallest absolute Gasteiger partial charge is 0.170 e. The highest BCUT2D eigenvalue weighted by molar-refractivity contribution is 7.80. The molecule has 0 aromatic heterocycles. The maximum atomic E-state index is 6.06. The fourth-order valence-electron chi connectivity index (χ4n) is 1.36. The van der Waals surface area contributed by atoms with Crippen LogP contribution in [0.3, 0.4) is 0 Å². The molecule has 100 valence electrons. The second-order valence-corrected chi connectivity index (χ2v) is 4.38. The van der Waals surface area contributed by atoms with Crippen LogP contribution >= 0.6 is 23.8 Å². The molecule has 0 fully saturated rings. The number of thiocarbonyl (C=S) groups is 1. The molecule has 0 aliphatic carbocycles. The van der Waals surface area contributed by atoms with Crippen molar-refractivity contribution < 1.29 is 9.47 Å². The van der Waals surface area contributed by atoms with Crippen LogP contribution in [0.5, 0.6) is 11.5 Å². The lowest BCUT2D eigenvalue weighted by atomic mass is 10.2. The molecule has 1 rings (SSSR count). The first-order valence-electron chi connectivity index (χ1n) is 5.58. The standard InChI is InChI=1S/C12H17ClN2O2S/c1-4-5-14-12(18)15-9-6-8(13)10(16-2)7-11(9)17-3/h6-7H,4-5H2,1-3H3,(H2,14,15,18). The number of methoxy groups -OCH3 is 2. The highest BCUT2D eigenvalue weighted by Gasteiger charge is 2.10. The van der Waals surface area contributed by atoms with Crippen molar-refractivity contribution in [2.75, 3.05) is 26.1 Å². The number of hydrogen-bond donors (Lipinski definition) is 2. The monoisotopic (exact) mass is 288 g/mol. The van der Waals surface area contributed by atoms with Crippen LogP contribution in [-0.2, 0) is 0 Å². The van der Waals surface area contributed by atoms with Crippen molar-refractivity contribution in [3.05, 3.63) is 17.2 Å². The average Bonchev–Trinajstić information content (AvgIpc) is 2.36. The van der Waals surface area contributed by atoms with E-state index in [9.17, 15) is 0 Å². The van der Waals surface area contributed by atoms with Crippen LogP contribution < -0.4 is 20.1 Å². The number of halogens is 1. The van der Waals surface area contributed by atoms with Gasteiger partial charge < -0.3 is 20.1 Å². The van der Waals surface area contributed by atoms with Crippen molar-refractivity contribution in [1.82, 2.24) is 5.32 Å². The van der Waals surface area contributed by atoms with Gasteiger partial charge in [0, 0.05) is 12.6 Å². The van der Waals surface area contributed by atoms with E-state index in [0.29, 0.717) is 27.3 Å². The Balaban J connectivity index is 2.87. The molecule has 1 aromatic carbocycles. The highest BCUT2D eigenvalue weighted by atomic mass is 35.5. The second-order valence-electron chi connectivity index (χ2n) is 3.57. The molecule has 1 aromatic rings. The van der Waals surface area contributed by atoms with Gasteiger partial charge in [-0.2, -0.15) is 0 Å². The third kappa shape index (κ3) is 3.92. The first-order chi connectivity index (χ1) is 8.62. The summed E-state index contributed by atoms with van der Waals surface area (Å²) in [5, 5.41) is 7.15. The van der Waals surface area contributed by atoms with E-state index in [1.54, 1.807) is 26.4 Å². The number of benzene rings is 1. The van der Waals surface area contributed by atoms with Gasteiger partial charge in [0.15, 0.2) is 5.11 Å². The maximum Gasteiger partial charge on any atom is 0.170 e. The molecule has 18 heavy (non-hydrogen) atoms. The lowest BCUT2D eigenvalue weighted by molar-refractivity contribution is 0.396. The summed E-state index contributed by atoms with van der Waals surface area (Å²) in [6.07, 6.45) is 1.00. The predicted molar refractivity (Wildman–Crippen MR) is 79.1 cm³/mol. The highest BCUT2D eigenvalue weighted by Crippen LogP contribution is 2.35. The lowest BCUT2D eigenvalue weighted by Gasteiger charge is -2.15. The Bertz CT molecular complexity index is 427. The normalized spacial score (nSPS) is 9.78. The summed E-state index contributed by atoms with van der Waals surface area (Å²) >= 11 is 11.2. The average molecular weight is 289 g/mol. The van der Waals surface area contributed by atoms with Gasteiger partial charge in [0.25, 0.3) is 0 Å². The molecule has 0 radical (unpaired) electrons. The van der Waals surface area contributed by atoms with Crippen LogP contribution in [0, 0.1) is 0 Å². The second kappa shape index (κ2) is 7.28. The van der Waals surface area contributed by atoms with Crippen LogP contribution in [-0.4, -0.2) is 25.9 Å². The molecule has 0 aliphatic heterocycles. The molecular weight excluding hydrogens is 272 g/mol. The molecule has 0 saturated carbocycles. The number of ether oxygens (including phenoxy) is 2. The van der Waals surface area contributed by atoms with Gasteiger partial charge in [0.2, 0.25) is 0 Å². The molecule has 4 nitrogen and oxygen atoms in total. The molecular formula is C12H17ClN2O2S. The summed E-state index contributed by atoms with van der Waals surface area (Å²) in [5.41, 5.74) is 0.705. The molecule has 0 heterocycles. The summed E-state index contributed by atoms with van der Waals surface area (Å²) in [6, 6.07) is 3.44. The summed E-state index contributed by atoms with van der Waals surface area (Å²) in [6.45, 7) is 2.89. The SMILES string of the molecule is CCCNC(=S)Nc1cc(Cl)c(OC)cc1OC. The Hall–Kier alpha value is -1.20. The lowest BCUT2D eigenvalue weighted by Crippen LogP contribution is -2.29. The Morgan fingerprint density at radius 3 is 2.50 bits per heavy atom. The minimum atomic E-state index is 0.499. The van der Waals surface area contributed by atoms with E-state index >= 15 is 0 Å². The summed E-state index contributed by atoms with van der Waals surface area (Å²) < 4.78 is 10.4. The van der Waals surface area contributed by atoms with Gasteiger partial charge in [0.1, 0.15) is 11.5 Å². The van der Waals surface area contributed by atoms with E-state index in [-0.39, 0.29) is 0 Å². The number of hydrogen-bond acceptors (Lipinski definition) is 3. The summed E-state index contributed by atoms with van der Waals surface area (Å²) in [4.78, 5) is 0. The minimum Gasteiger partial charge on any atom is -0.495 e. The number of anilines is 1. The number of nitrogens with one attached hydrogen (secondary N) is 2. The van der Waals surface area contributed by atoms with Crippen LogP contribution in [0.1, 0.15) is 13.3 Å². The molecule has 0 spiro atoms. The third-order valence-electron chi connectivity index (χ3n) is 2.26. The molecule has 0 amide bonds. The first-order valence-corrected chi connectivity index (χ1v) is 6.37. The molecule has 6 heteroatoms. The minimum absolute atomic E-state index is 0.499. The zero-order valence-corrected chi connectivity index (χ0v) is 12.2. The van der Waals surface area contributed by atoms with Crippen LogP contribution in [0.15, 0.2) is 12.1 Å². The number of rotatable bonds is 5. The summed E-state index contributed by atoms with van der Waals surface area (Å²) in [7, 11) is 3.14. The molecule has 0 saturated heterocycles. The van der Waals surface area contributed by atoms with Gasteiger partial charge in [-0.25, -0.2) is 0 Å². The Morgan fingerprint density at radius 2 is 1.94 bits per heavy atom. The van der Waals surface area contributed by atoms with Crippen molar-refractivity contribution in [3.8, 4) is 11.5 Å². The van der Waals surface area contributed by atoms with Crippen LogP contribution in [0.2, 0.25) is 5.02 Å². The van der Waals surface area contributed by atoms with Crippen LogP contribution in [0.25, 0.3) is 0 Å². The van der Waals surface area contributed by atoms with Gasteiger partial charge in [-0.05, 0) is 24.7 Å². The predicted octanol–water partition coefficient (Wildman–Crippen LogP) is 3.05. The maximum absolute atomic E-state index is 6.06. The van der Waals surface area contributed by atoms with Gasteiger partial charge >= 0.3 is 0 Å². The molecule has 0 unspecified atom stereocenters. The van der Waals surface area contributed by atoms with E-state index in [0.717, 1.165) is 13.0 Å². The fraction of sp³-hybridized carbons (Fsp3) is 0.417. The molecule has 0 aliphatic rings. The van der Waals surface area contributed by atoms with Crippen molar-refractivity contribution >= 4 is 34.6 Å². The first kappa shape index (κ1) is 14.9. The van der Waals surface area contributed by atoms with Crippen molar-refractivity contribution in [3.63, 3.8) is 0 Å². The van der Waals surface area contributed by atoms with E-state index in [1.807, 2.05) is 0 Å². The van der Waals surface area contributed by atoms with Gasteiger partial charge in [-0.1, -0.05) is 18.5 Å². The summed E-state index contributed by atoms with van der Waals surface area (Å²) in [5.74, 6) is 1.18. The van der Waals surface area contributed by atoms with Crippen molar-refractivity contribution in [1.29, 1.82) is 0 Å². The molecule has 0 bridgehead atoms. The van der Waals surface area contributed by atoms with E-state index in [2.05, 4.69) is 17.6 Å². The van der Waals surface area contributed by atoms with Gasteiger partial charge in [-0.15, -0.1) is 0 Å². The Morgan fingerprint density at radius 1 is 1.28 bits per heavy atom. The van der Waals surface area contributed by atoms with Crippen molar-refractivity contribution in [2.24, 2.45) is 0 Å². The van der Waals surface area contributed by atoms with E-state index < -0.39 is 0 Å². The van der Waals surface area contributed by atoms with Crippen molar-refractivity contribution in [2.45, 2.75) is 13.3 Å². The quantitative estimate of drug-likeness (QED) is 0.815. The third-order valence-corrected chi connectivity index (χ3v) is 2.80. The largest absolute Gasteiger partial charge is 0.495 e. The van der Waals surface area contributed by atoms with Gasteiger partial charge in [-0.3, -0.25) is 0 Å². The zero-order valence-electron chi connectivity index (χ0n) is 10.7. The Labute approximate surface area is 118 Å². The fourth-order valence-corrected chi connectivity index (χ4v) is 1.82. The van der Waals surface area contributed by atoms with Gasteiger partial charge in [0.05, 0.1) is 24.9 Å². The van der Waals surface area contributed by atoms with Crippen LogP contribution in [0.4, 0.5) is 5.69 Å². The zero-order chi connectivity index (χ0) is 13.5. The molecule has 0 atom stereocenters.